The number of amides is 1. The van der Waals surface area contributed by atoms with E-state index in [9.17, 15) is 23.1 Å². The van der Waals surface area contributed by atoms with Gasteiger partial charge in [0.15, 0.2) is 0 Å². The van der Waals surface area contributed by atoms with Crippen molar-refractivity contribution in [2.24, 2.45) is 5.73 Å². The van der Waals surface area contributed by atoms with Gasteiger partial charge in [0.05, 0.1) is 16.8 Å². The molecule has 3 aromatic heterocycles. The standard InChI is InChI=1S/C26H27F3N6O3S/c27-26(28,29)18-11-20(34-25-21(18)22(30)23(39-25)24(31)37)35-8-5-15(6-9-35)33-12-16(36)13-38-17-3-4-19-14(10-17)2-1-7-32-19/h1-4,7,10-11,15-16,33,36H,5-6,8-9,12-13,30H2,(H2,31,37). The highest BCUT2D eigenvalue weighted by atomic mass is 32.1. The molecule has 1 aromatic carbocycles. The fourth-order valence-electron chi connectivity index (χ4n) is 4.69. The Morgan fingerprint density at radius 2 is 2.03 bits per heavy atom. The van der Waals surface area contributed by atoms with Crippen molar-refractivity contribution in [1.82, 2.24) is 15.3 Å². The third-order valence-corrected chi connectivity index (χ3v) is 7.81. The number of aliphatic hydroxyl groups excluding tert-OH is 1. The number of piperidine rings is 1. The van der Waals surface area contributed by atoms with Crippen LogP contribution < -0.4 is 26.4 Å². The third kappa shape index (κ3) is 5.84. The number of hydrogen-bond donors (Lipinski definition) is 4. The van der Waals surface area contributed by atoms with E-state index in [4.69, 9.17) is 16.2 Å². The summed E-state index contributed by atoms with van der Waals surface area (Å²) in [5, 5.41) is 14.4. The number of carbonyl (C=O) groups is 1. The lowest BCUT2D eigenvalue weighted by Crippen LogP contribution is -2.45. The molecule has 4 aromatic rings. The van der Waals surface area contributed by atoms with Crippen molar-refractivity contribution in [3.63, 3.8) is 0 Å². The van der Waals surface area contributed by atoms with E-state index in [1.807, 2.05) is 24.3 Å². The number of hydrogen-bond acceptors (Lipinski definition) is 9. The molecule has 1 amide bonds. The number of rotatable bonds is 8. The van der Waals surface area contributed by atoms with Gasteiger partial charge in [-0.05, 0) is 43.2 Å². The summed E-state index contributed by atoms with van der Waals surface area (Å²) in [7, 11) is 0. The molecule has 5 rings (SSSR count). The largest absolute Gasteiger partial charge is 0.491 e. The lowest BCUT2D eigenvalue weighted by atomic mass is 10.0. The predicted octanol–water partition coefficient (Wildman–Crippen LogP) is 3.54. The lowest BCUT2D eigenvalue weighted by molar-refractivity contribution is -0.136. The summed E-state index contributed by atoms with van der Waals surface area (Å²) in [6.07, 6.45) is -2.41. The van der Waals surface area contributed by atoms with E-state index in [-0.39, 0.29) is 39.2 Å². The van der Waals surface area contributed by atoms with Gasteiger partial charge in [0.1, 0.15) is 34.0 Å². The molecule has 1 unspecified atom stereocenters. The smallest absolute Gasteiger partial charge is 0.417 e. The molecule has 0 radical (unpaired) electrons. The highest BCUT2D eigenvalue weighted by Gasteiger charge is 2.37. The summed E-state index contributed by atoms with van der Waals surface area (Å²) in [5.41, 5.74) is 10.8. The number of benzene rings is 1. The molecule has 1 fully saturated rings. The van der Waals surface area contributed by atoms with Crippen molar-refractivity contribution < 1.29 is 27.8 Å². The number of aliphatic hydroxyl groups is 1. The van der Waals surface area contributed by atoms with Crippen molar-refractivity contribution in [1.29, 1.82) is 0 Å². The Balaban J connectivity index is 1.17. The van der Waals surface area contributed by atoms with Crippen LogP contribution in [-0.4, -0.2) is 59.4 Å². The molecule has 0 bridgehead atoms. The molecule has 13 heteroatoms. The highest BCUT2D eigenvalue weighted by molar-refractivity contribution is 7.21. The summed E-state index contributed by atoms with van der Waals surface area (Å²) >= 11 is 0.763. The van der Waals surface area contributed by atoms with E-state index < -0.39 is 23.8 Å². The molecule has 0 spiro atoms. The number of fused-ring (bicyclic) bond motifs is 2. The number of primary amides is 1. The van der Waals surface area contributed by atoms with Gasteiger partial charge in [-0.25, -0.2) is 4.98 Å². The maximum Gasteiger partial charge on any atom is 0.417 e. The van der Waals surface area contributed by atoms with Gasteiger partial charge in [-0.15, -0.1) is 11.3 Å². The maximum atomic E-state index is 13.9. The first kappa shape index (κ1) is 26.9. The Hall–Kier alpha value is -3.68. The van der Waals surface area contributed by atoms with Crippen molar-refractivity contribution in [3.8, 4) is 5.75 Å². The van der Waals surface area contributed by atoms with Gasteiger partial charge in [-0.3, -0.25) is 9.78 Å². The van der Waals surface area contributed by atoms with Gasteiger partial charge in [0, 0.05) is 42.6 Å². The van der Waals surface area contributed by atoms with Crippen molar-refractivity contribution in [2.75, 3.05) is 36.9 Å². The number of nitrogens with two attached hydrogens (primary N) is 2. The zero-order valence-electron chi connectivity index (χ0n) is 20.7. The number of thiophene rings is 1. The summed E-state index contributed by atoms with van der Waals surface area (Å²) in [6, 6.07) is 10.4. The van der Waals surface area contributed by atoms with Crippen LogP contribution in [0.25, 0.3) is 21.1 Å². The number of halogens is 3. The summed E-state index contributed by atoms with van der Waals surface area (Å²) in [4.78, 5) is 22.0. The predicted molar refractivity (Wildman–Crippen MR) is 144 cm³/mol. The average Bonchev–Trinajstić information content (AvgIpc) is 3.26. The van der Waals surface area contributed by atoms with Gasteiger partial charge in [0.25, 0.3) is 5.91 Å². The first-order valence-corrected chi connectivity index (χ1v) is 13.2. The fraction of sp³-hybridized carbons (Fsp3) is 0.346. The number of anilines is 2. The summed E-state index contributed by atoms with van der Waals surface area (Å²) in [6.45, 7) is 1.36. The van der Waals surface area contributed by atoms with Gasteiger partial charge >= 0.3 is 6.18 Å². The van der Waals surface area contributed by atoms with Crippen LogP contribution in [0.15, 0.2) is 42.6 Å². The second-order valence-corrected chi connectivity index (χ2v) is 10.4. The third-order valence-electron chi connectivity index (χ3n) is 6.69. The lowest BCUT2D eigenvalue weighted by Gasteiger charge is -2.34. The first-order valence-electron chi connectivity index (χ1n) is 12.3. The number of ether oxygens (including phenoxy) is 1. The van der Waals surface area contributed by atoms with E-state index in [1.165, 1.54) is 0 Å². The van der Waals surface area contributed by atoms with E-state index in [0.29, 0.717) is 38.2 Å². The topological polar surface area (TPSA) is 140 Å². The molecule has 0 saturated carbocycles. The number of nitrogens with zero attached hydrogens (tertiary/aromatic N) is 3. The van der Waals surface area contributed by atoms with Crippen LogP contribution in [0.2, 0.25) is 0 Å². The molecule has 0 aliphatic carbocycles. The number of nitrogen functional groups attached to an aromatic ring is 1. The minimum atomic E-state index is -4.68. The van der Waals surface area contributed by atoms with Crippen LogP contribution in [-0.2, 0) is 6.18 Å². The van der Waals surface area contributed by atoms with E-state index in [0.717, 1.165) is 28.3 Å². The molecule has 6 N–H and O–H groups in total. The van der Waals surface area contributed by atoms with Gasteiger partial charge in [-0.2, -0.15) is 13.2 Å². The minimum absolute atomic E-state index is 0.0252. The van der Waals surface area contributed by atoms with Crippen molar-refractivity contribution >= 4 is 49.9 Å². The SMILES string of the molecule is NC(=O)c1sc2nc(N3CCC(NCC(O)COc4ccc5ncccc5c4)CC3)cc(C(F)(F)F)c2c1N. The van der Waals surface area contributed by atoms with E-state index >= 15 is 0 Å². The van der Waals surface area contributed by atoms with Gasteiger partial charge < -0.3 is 31.5 Å². The second kappa shape index (κ2) is 10.8. The van der Waals surface area contributed by atoms with Crippen molar-refractivity contribution in [2.45, 2.75) is 31.2 Å². The first-order chi connectivity index (χ1) is 18.6. The van der Waals surface area contributed by atoms with Crippen LogP contribution in [0.1, 0.15) is 28.1 Å². The van der Waals surface area contributed by atoms with Crippen LogP contribution in [0.5, 0.6) is 5.75 Å². The summed E-state index contributed by atoms with van der Waals surface area (Å²) < 4.78 is 47.3. The summed E-state index contributed by atoms with van der Waals surface area (Å²) in [5.74, 6) is -0.0789. The zero-order chi connectivity index (χ0) is 27.7. The van der Waals surface area contributed by atoms with E-state index in [1.54, 1.807) is 17.2 Å². The monoisotopic (exact) mass is 560 g/mol. The maximum absolute atomic E-state index is 13.9. The Bertz CT molecular complexity index is 1500. The quantitative estimate of drug-likeness (QED) is 0.257. The molecule has 1 saturated heterocycles. The second-order valence-electron chi connectivity index (χ2n) is 9.41. The fourth-order valence-corrected chi connectivity index (χ4v) is 5.65. The Labute approximate surface area is 225 Å². The molecular weight excluding hydrogens is 533 g/mol. The Kier molecular flexibility index (Phi) is 7.47. The molecule has 39 heavy (non-hydrogen) atoms. The molecule has 9 nitrogen and oxygen atoms in total. The van der Waals surface area contributed by atoms with Crippen molar-refractivity contribution in [3.05, 3.63) is 53.0 Å². The zero-order valence-corrected chi connectivity index (χ0v) is 21.6. The number of alkyl halides is 3. The van der Waals surface area contributed by atoms with E-state index in [2.05, 4.69) is 15.3 Å². The number of nitrogens with one attached hydrogen (secondary N) is 1. The Morgan fingerprint density at radius 3 is 2.74 bits per heavy atom. The molecule has 1 aliphatic heterocycles. The molecule has 4 heterocycles. The normalized spacial score (nSPS) is 15.6. The van der Waals surface area contributed by atoms with Gasteiger partial charge in [0.2, 0.25) is 0 Å². The molecular formula is C26H27F3N6O3S. The molecule has 1 aliphatic rings. The average molecular weight is 561 g/mol. The van der Waals surface area contributed by atoms with Crippen LogP contribution in [0, 0.1) is 0 Å². The minimum Gasteiger partial charge on any atom is -0.491 e. The van der Waals surface area contributed by atoms with Crippen LogP contribution >= 0.6 is 11.3 Å². The van der Waals surface area contributed by atoms with Gasteiger partial charge in [-0.1, -0.05) is 6.07 Å². The Morgan fingerprint density at radius 1 is 1.26 bits per heavy atom. The molecule has 206 valence electrons. The number of aromatic nitrogens is 2. The highest BCUT2D eigenvalue weighted by Crippen LogP contribution is 2.43. The number of carbonyl (C=O) groups excluding carboxylic acids is 1. The molecule has 1 atom stereocenters. The number of pyridine rings is 2. The van der Waals surface area contributed by atoms with Crippen LogP contribution in [0.3, 0.4) is 0 Å². The van der Waals surface area contributed by atoms with Crippen LogP contribution in [0.4, 0.5) is 24.7 Å².